The van der Waals surface area contributed by atoms with E-state index in [4.69, 9.17) is 0 Å². The minimum absolute atomic E-state index is 0.00234. The number of aliphatic imine (C=N–C) groups is 1. The van der Waals surface area contributed by atoms with Crippen molar-refractivity contribution in [3.63, 3.8) is 0 Å². The van der Waals surface area contributed by atoms with Gasteiger partial charge in [0.15, 0.2) is 5.96 Å². The standard InChI is InChI=1S/C20H28F3N5O2/c1-24-18(29)12-28-9-7-13(8-10-28)26-19(25-2)27-16-11-15(16)14-5-3-4-6-17(14)30-20(21,22)23/h3-6,13,15-16H,7-12H2,1-2H3,(H,24,29)(H2,25,26,27). The number of hydrogen-bond acceptors (Lipinski definition) is 4. The van der Waals surface area contributed by atoms with Crippen LogP contribution < -0.4 is 20.7 Å². The molecule has 0 radical (unpaired) electrons. The summed E-state index contributed by atoms with van der Waals surface area (Å²) in [6.07, 6.45) is -2.23. The molecule has 1 saturated carbocycles. The van der Waals surface area contributed by atoms with Crippen LogP contribution in [0.3, 0.4) is 0 Å². The van der Waals surface area contributed by atoms with Crippen LogP contribution in [-0.2, 0) is 4.79 Å². The molecule has 0 bridgehead atoms. The number of piperidine rings is 1. The van der Waals surface area contributed by atoms with Gasteiger partial charge >= 0.3 is 6.36 Å². The Morgan fingerprint density at radius 3 is 2.57 bits per heavy atom. The number of benzene rings is 1. The Morgan fingerprint density at radius 2 is 1.93 bits per heavy atom. The summed E-state index contributed by atoms with van der Waals surface area (Å²) in [6.45, 7) is 2.03. The number of carbonyl (C=O) groups excluding carboxylic acids is 1. The lowest BCUT2D eigenvalue weighted by Crippen LogP contribution is -2.50. The molecule has 0 aromatic heterocycles. The fourth-order valence-electron chi connectivity index (χ4n) is 3.76. The van der Waals surface area contributed by atoms with Crippen molar-refractivity contribution < 1.29 is 22.7 Å². The van der Waals surface area contributed by atoms with E-state index in [1.165, 1.54) is 12.1 Å². The number of ether oxygens (including phenoxy) is 1. The predicted molar refractivity (Wildman–Crippen MR) is 107 cm³/mol. The summed E-state index contributed by atoms with van der Waals surface area (Å²) in [5.74, 6) is 0.442. The summed E-state index contributed by atoms with van der Waals surface area (Å²) < 4.78 is 42.1. The lowest BCUT2D eigenvalue weighted by molar-refractivity contribution is -0.274. The third-order valence-electron chi connectivity index (χ3n) is 5.45. The summed E-state index contributed by atoms with van der Waals surface area (Å²) >= 11 is 0. The van der Waals surface area contributed by atoms with Crippen LogP contribution in [0.4, 0.5) is 13.2 Å². The van der Waals surface area contributed by atoms with Gasteiger partial charge in [-0.2, -0.15) is 0 Å². The highest BCUT2D eigenvalue weighted by atomic mass is 19.4. The van der Waals surface area contributed by atoms with Gasteiger partial charge in [-0.1, -0.05) is 18.2 Å². The number of amides is 1. The van der Waals surface area contributed by atoms with Crippen molar-refractivity contribution in [1.29, 1.82) is 0 Å². The number of likely N-dealkylation sites (tertiary alicyclic amines) is 1. The number of nitrogens with zero attached hydrogens (tertiary/aromatic N) is 2. The number of likely N-dealkylation sites (N-methyl/N-ethyl adjacent to an activating group) is 1. The van der Waals surface area contributed by atoms with E-state index in [0.717, 1.165) is 25.9 Å². The molecule has 2 unspecified atom stereocenters. The van der Waals surface area contributed by atoms with Crippen molar-refractivity contribution in [3.8, 4) is 5.75 Å². The maximum Gasteiger partial charge on any atom is 0.573 e. The van der Waals surface area contributed by atoms with E-state index in [2.05, 4.69) is 30.6 Å². The average Bonchev–Trinajstić information content (AvgIpc) is 3.46. The van der Waals surface area contributed by atoms with Crippen LogP contribution in [0.5, 0.6) is 5.75 Å². The Labute approximate surface area is 174 Å². The van der Waals surface area contributed by atoms with Crippen molar-refractivity contribution in [2.75, 3.05) is 33.7 Å². The van der Waals surface area contributed by atoms with E-state index in [0.29, 0.717) is 24.5 Å². The van der Waals surface area contributed by atoms with Crippen molar-refractivity contribution in [2.45, 2.75) is 43.6 Å². The first kappa shape index (κ1) is 22.2. The summed E-state index contributed by atoms with van der Waals surface area (Å²) in [5, 5.41) is 9.32. The third kappa shape index (κ3) is 6.25. The first-order chi connectivity index (χ1) is 14.3. The van der Waals surface area contributed by atoms with Gasteiger partial charge in [0.2, 0.25) is 5.91 Å². The smallest absolute Gasteiger partial charge is 0.405 e. The van der Waals surface area contributed by atoms with Crippen LogP contribution >= 0.6 is 0 Å². The van der Waals surface area contributed by atoms with Crippen molar-refractivity contribution >= 4 is 11.9 Å². The largest absolute Gasteiger partial charge is 0.573 e. The second kappa shape index (κ2) is 9.55. The summed E-state index contributed by atoms with van der Waals surface area (Å²) in [6, 6.07) is 6.50. The number of nitrogens with one attached hydrogen (secondary N) is 3. The van der Waals surface area contributed by atoms with Gasteiger partial charge in [0.05, 0.1) is 6.54 Å². The van der Waals surface area contributed by atoms with E-state index in [-0.39, 0.29) is 29.7 Å². The molecular formula is C20H28F3N5O2. The van der Waals surface area contributed by atoms with Crippen LogP contribution in [0.2, 0.25) is 0 Å². The van der Waals surface area contributed by atoms with Gasteiger partial charge in [-0.05, 0) is 30.9 Å². The fourth-order valence-corrected chi connectivity index (χ4v) is 3.76. The van der Waals surface area contributed by atoms with Gasteiger partial charge in [-0.3, -0.25) is 14.7 Å². The van der Waals surface area contributed by atoms with Crippen LogP contribution in [0.25, 0.3) is 0 Å². The molecule has 1 aromatic carbocycles. The number of guanidine groups is 1. The van der Waals surface area contributed by atoms with E-state index in [1.807, 2.05) is 0 Å². The minimum Gasteiger partial charge on any atom is -0.405 e. The lowest BCUT2D eigenvalue weighted by Gasteiger charge is -2.32. The molecule has 166 valence electrons. The number of alkyl halides is 3. The molecule has 2 aliphatic rings. The molecule has 7 nitrogen and oxygen atoms in total. The molecular weight excluding hydrogens is 399 g/mol. The number of hydrogen-bond donors (Lipinski definition) is 3. The second-order valence-corrected chi connectivity index (χ2v) is 7.62. The van der Waals surface area contributed by atoms with E-state index >= 15 is 0 Å². The molecule has 1 aliphatic heterocycles. The average molecular weight is 427 g/mol. The Balaban J connectivity index is 1.49. The molecule has 3 rings (SSSR count). The maximum atomic E-state index is 12.7. The van der Waals surface area contributed by atoms with Crippen LogP contribution in [0.15, 0.2) is 29.3 Å². The first-order valence-corrected chi connectivity index (χ1v) is 10.1. The molecule has 1 saturated heterocycles. The quantitative estimate of drug-likeness (QED) is 0.477. The normalized spacial score (nSPS) is 23.0. The molecule has 1 aliphatic carbocycles. The zero-order chi connectivity index (χ0) is 21.7. The van der Waals surface area contributed by atoms with Gasteiger partial charge in [-0.25, -0.2) is 0 Å². The zero-order valence-corrected chi connectivity index (χ0v) is 17.1. The third-order valence-corrected chi connectivity index (χ3v) is 5.45. The van der Waals surface area contributed by atoms with E-state index < -0.39 is 6.36 Å². The van der Waals surface area contributed by atoms with Gasteiger partial charge in [-0.15, -0.1) is 13.2 Å². The molecule has 1 amide bonds. The molecule has 2 fully saturated rings. The maximum absolute atomic E-state index is 12.7. The lowest BCUT2D eigenvalue weighted by atomic mass is 10.1. The first-order valence-electron chi connectivity index (χ1n) is 10.1. The second-order valence-electron chi connectivity index (χ2n) is 7.62. The molecule has 0 spiro atoms. The van der Waals surface area contributed by atoms with E-state index in [9.17, 15) is 18.0 Å². The molecule has 3 N–H and O–H groups in total. The van der Waals surface area contributed by atoms with Gasteiger partial charge in [0, 0.05) is 45.2 Å². The minimum atomic E-state index is -4.71. The van der Waals surface area contributed by atoms with Crippen LogP contribution in [0, 0.1) is 0 Å². The SMILES string of the molecule is CN=C(NC1CCN(CC(=O)NC)CC1)NC1CC1c1ccccc1OC(F)(F)F. The molecule has 1 aromatic rings. The van der Waals surface area contributed by atoms with Crippen molar-refractivity contribution in [2.24, 2.45) is 4.99 Å². The highest BCUT2D eigenvalue weighted by Gasteiger charge is 2.42. The van der Waals surface area contributed by atoms with Crippen molar-refractivity contribution in [1.82, 2.24) is 20.9 Å². The Kier molecular flexibility index (Phi) is 7.06. The Morgan fingerprint density at radius 1 is 1.23 bits per heavy atom. The highest BCUT2D eigenvalue weighted by Crippen LogP contribution is 2.45. The monoisotopic (exact) mass is 427 g/mol. The molecule has 10 heteroatoms. The summed E-state index contributed by atoms with van der Waals surface area (Å²) in [7, 11) is 3.30. The van der Waals surface area contributed by atoms with Gasteiger partial charge in [0.1, 0.15) is 5.75 Å². The number of carbonyl (C=O) groups is 1. The van der Waals surface area contributed by atoms with Crippen molar-refractivity contribution in [3.05, 3.63) is 29.8 Å². The van der Waals surface area contributed by atoms with Gasteiger partial charge in [0.25, 0.3) is 0 Å². The Bertz CT molecular complexity index is 763. The Hall–Kier alpha value is -2.49. The fraction of sp³-hybridized carbons (Fsp3) is 0.600. The summed E-state index contributed by atoms with van der Waals surface area (Å²) in [4.78, 5) is 17.9. The van der Waals surface area contributed by atoms with E-state index in [1.54, 1.807) is 26.2 Å². The van der Waals surface area contributed by atoms with Crippen LogP contribution in [0.1, 0.15) is 30.7 Å². The molecule has 30 heavy (non-hydrogen) atoms. The number of rotatable bonds is 6. The molecule has 2 atom stereocenters. The predicted octanol–water partition coefficient (Wildman–Crippen LogP) is 1.82. The van der Waals surface area contributed by atoms with Crippen LogP contribution in [-0.4, -0.2) is 68.9 Å². The summed E-state index contributed by atoms with van der Waals surface area (Å²) in [5.41, 5.74) is 0.547. The molecule has 1 heterocycles. The number of halogens is 3. The number of para-hydroxylation sites is 1. The zero-order valence-electron chi connectivity index (χ0n) is 17.1. The van der Waals surface area contributed by atoms with Gasteiger partial charge < -0.3 is 20.7 Å². The highest BCUT2D eigenvalue weighted by molar-refractivity contribution is 5.81. The topological polar surface area (TPSA) is 78.0 Å².